The molecule has 7 heteroatoms. The summed E-state index contributed by atoms with van der Waals surface area (Å²) in [5.41, 5.74) is 1.74. The van der Waals surface area contributed by atoms with Crippen LogP contribution in [0.25, 0.3) is 11.1 Å². The number of rotatable bonds is 8. The molecule has 1 amide bonds. The highest BCUT2D eigenvalue weighted by molar-refractivity contribution is 5.97. The van der Waals surface area contributed by atoms with Crippen LogP contribution in [0.1, 0.15) is 36.0 Å². The molecule has 148 valence electrons. The number of nitrogens with one attached hydrogen (secondary N) is 1. The average Bonchev–Trinajstić information content (AvgIpc) is 3.14. The monoisotopic (exact) mass is 384 g/mol. The highest BCUT2D eigenvalue weighted by atomic mass is 16.5. The Bertz CT molecular complexity index is 951. The molecule has 0 aliphatic carbocycles. The Hall–Kier alpha value is -3.06. The lowest BCUT2D eigenvalue weighted by molar-refractivity contribution is 0.0843. The van der Waals surface area contributed by atoms with Gasteiger partial charge in [0.15, 0.2) is 11.5 Å². The Morgan fingerprint density at radius 2 is 2.00 bits per heavy atom. The molecule has 1 aromatic heterocycles. The molecular weight excluding hydrogens is 360 g/mol. The highest BCUT2D eigenvalue weighted by Crippen LogP contribution is 2.22. The number of hydrogen-bond donors (Lipinski definition) is 2. The van der Waals surface area contributed by atoms with E-state index in [0.717, 1.165) is 0 Å². The number of benzene rings is 2. The molecule has 0 aliphatic heterocycles. The quantitative estimate of drug-likeness (QED) is 0.620. The van der Waals surface area contributed by atoms with Crippen LogP contribution in [-0.2, 0) is 0 Å². The molecule has 0 saturated heterocycles. The van der Waals surface area contributed by atoms with E-state index in [4.69, 9.17) is 13.9 Å². The number of aliphatic hydroxyl groups is 1. The first-order valence-corrected chi connectivity index (χ1v) is 9.10. The van der Waals surface area contributed by atoms with E-state index in [1.165, 1.54) is 0 Å². The van der Waals surface area contributed by atoms with Gasteiger partial charge in [-0.15, -0.1) is 0 Å². The van der Waals surface area contributed by atoms with Crippen molar-refractivity contribution in [3.63, 3.8) is 0 Å². The number of carbonyl (C=O) groups is 1. The summed E-state index contributed by atoms with van der Waals surface area (Å²) >= 11 is 0. The Balaban J connectivity index is 1.53. The molecule has 0 aliphatic rings. The van der Waals surface area contributed by atoms with Crippen LogP contribution in [0, 0.1) is 0 Å². The van der Waals surface area contributed by atoms with Crippen LogP contribution in [-0.4, -0.2) is 42.4 Å². The van der Waals surface area contributed by atoms with Crippen LogP contribution < -0.4 is 14.8 Å². The summed E-state index contributed by atoms with van der Waals surface area (Å²) < 4.78 is 16.3. The van der Waals surface area contributed by atoms with Crippen molar-refractivity contribution in [2.75, 3.05) is 20.3 Å². The van der Waals surface area contributed by atoms with Crippen LogP contribution in [0.5, 0.6) is 11.5 Å². The summed E-state index contributed by atoms with van der Waals surface area (Å²) in [6.07, 6.45) is -0.849. The van der Waals surface area contributed by atoms with Crippen molar-refractivity contribution in [1.29, 1.82) is 0 Å². The van der Waals surface area contributed by atoms with E-state index in [1.54, 1.807) is 49.6 Å². The van der Waals surface area contributed by atoms with Gasteiger partial charge in [-0.25, -0.2) is 4.98 Å². The Labute approximate surface area is 163 Å². The average molecular weight is 384 g/mol. The van der Waals surface area contributed by atoms with Crippen molar-refractivity contribution >= 4 is 17.0 Å². The van der Waals surface area contributed by atoms with Gasteiger partial charge in [0.1, 0.15) is 29.7 Å². The molecule has 1 heterocycles. The predicted octanol–water partition coefficient (Wildman–Crippen LogP) is 3.13. The van der Waals surface area contributed by atoms with E-state index >= 15 is 0 Å². The number of aliphatic hydroxyl groups excluding tert-OH is 1. The van der Waals surface area contributed by atoms with Crippen molar-refractivity contribution in [2.24, 2.45) is 0 Å². The fourth-order valence-corrected chi connectivity index (χ4v) is 2.59. The summed E-state index contributed by atoms with van der Waals surface area (Å²) in [6.45, 7) is 4.10. The van der Waals surface area contributed by atoms with Gasteiger partial charge in [-0.3, -0.25) is 4.79 Å². The number of aromatic nitrogens is 1. The fourth-order valence-electron chi connectivity index (χ4n) is 2.59. The molecule has 0 fully saturated rings. The molecule has 1 unspecified atom stereocenters. The summed E-state index contributed by atoms with van der Waals surface area (Å²) in [4.78, 5) is 16.8. The zero-order valence-electron chi connectivity index (χ0n) is 16.1. The topological polar surface area (TPSA) is 93.8 Å². The second kappa shape index (κ2) is 8.75. The highest BCUT2D eigenvalue weighted by Gasteiger charge is 2.14. The van der Waals surface area contributed by atoms with Gasteiger partial charge in [0, 0.05) is 24.1 Å². The van der Waals surface area contributed by atoms with Crippen molar-refractivity contribution in [3.05, 3.63) is 53.9 Å². The first-order chi connectivity index (χ1) is 13.5. The van der Waals surface area contributed by atoms with Gasteiger partial charge in [0.05, 0.1) is 7.11 Å². The van der Waals surface area contributed by atoms with Gasteiger partial charge >= 0.3 is 0 Å². The first-order valence-electron chi connectivity index (χ1n) is 9.10. The van der Waals surface area contributed by atoms with Gasteiger partial charge in [-0.05, 0) is 30.3 Å². The van der Waals surface area contributed by atoms with Gasteiger partial charge in [-0.1, -0.05) is 19.9 Å². The normalized spacial score (nSPS) is 12.2. The lowest BCUT2D eigenvalue weighted by Crippen LogP contribution is -2.35. The third kappa shape index (κ3) is 4.80. The first kappa shape index (κ1) is 19.7. The number of ether oxygens (including phenoxy) is 2. The SMILES string of the molecule is COc1cccc(OCC(O)CNC(=O)c2ccc3oc(C(C)C)nc3c2)c1. The Morgan fingerprint density at radius 3 is 2.75 bits per heavy atom. The van der Waals surface area contributed by atoms with Gasteiger partial charge in [-0.2, -0.15) is 0 Å². The minimum Gasteiger partial charge on any atom is -0.497 e. The van der Waals surface area contributed by atoms with Crippen molar-refractivity contribution in [1.82, 2.24) is 10.3 Å². The molecule has 28 heavy (non-hydrogen) atoms. The largest absolute Gasteiger partial charge is 0.497 e. The zero-order valence-corrected chi connectivity index (χ0v) is 16.1. The number of nitrogens with zero attached hydrogens (tertiary/aromatic N) is 1. The third-order valence-electron chi connectivity index (χ3n) is 4.14. The lowest BCUT2D eigenvalue weighted by Gasteiger charge is -2.14. The van der Waals surface area contributed by atoms with E-state index in [9.17, 15) is 9.90 Å². The van der Waals surface area contributed by atoms with E-state index < -0.39 is 6.10 Å². The molecular formula is C21H24N2O5. The number of carbonyl (C=O) groups excluding carboxylic acids is 1. The van der Waals surface area contributed by atoms with Crippen LogP contribution in [0.15, 0.2) is 46.9 Å². The van der Waals surface area contributed by atoms with Crippen LogP contribution >= 0.6 is 0 Å². The molecule has 0 saturated carbocycles. The molecule has 0 spiro atoms. The number of oxazole rings is 1. The maximum absolute atomic E-state index is 12.4. The third-order valence-corrected chi connectivity index (χ3v) is 4.14. The Kier molecular flexibility index (Phi) is 6.16. The summed E-state index contributed by atoms with van der Waals surface area (Å²) in [6, 6.07) is 12.2. The maximum Gasteiger partial charge on any atom is 0.251 e. The van der Waals surface area contributed by atoms with Crippen molar-refractivity contribution in [3.8, 4) is 11.5 Å². The van der Waals surface area contributed by atoms with Crippen LogP contribution in [0.4, 0.5) is 0 Å². The van der Waals surface area contributed by atoms with E-state index in [0.29, 0.717) is 34.1 Å². The number of hydrogen-bond acceptors (Lipinski definition) is 6. The number of amides is 1. The molecule has 0 radical (unpaired) electrons. The predicted molar refractivity (Wildman–Crippen MR) is 105 cm³/mol. The van der Waals surface area contributed by atoms with E-state index in [-0.39, 0.29) is 25.0 Å². The van der Waals surface area contributed by atoms with E-state index in [1.807, 2.05) is 13.8 Å². The number of methoxy groups -OCH3 is 1. The van der Waals surface area contributed by atoms with Gasteiger partial charge in [0.25, 0.3) is 5.91 Å². The summed E-state index contributed by atoms with van der Waals surface area (Å²) in [7, 11) is 1.57. The minimum absolute atomic E-state index is 0.0491. The van der Waals surface area contributed by atoms with E-state index in [2.05, 4.69) is 10.3 Å². The Morgan fingerprint density at radius 1 is 1.21 bits per heavy atom. The molecule has 2 aromatic carbocycles. The second-order valence-corrected chi connectivity index (χ2v) is 6.74. The molecule has 3 rings (SSSR count). The second-order valence-electron chi connectivity index (χ2n) is 6.74. The minimum atomic E-state index is -0.849. The van der Waals surface area contributed by atoms with Crippen LogP contribution in [0.3, 0.4) is 0 Å². The molecule has 2 N–H and O–H groups in total. The summed E-state index contributed by atoms with van der Waals surface area (Å²) in [5, 5.41) is 12.8. The van der Waals surface area contributed by atoms with Crippen molar-refractivity contribution < 1.29 is 23.8 Å². The fraction of sp³-hybridized carbons (Fsp3) is 0.333. The summed E-state index contributed by atoms with van der Waals surface area (Å²) in [5.74, 6) is 1.77. The zero-order chi connectivity index (χ0) is 20.1. The van der Waals surface area contributed by atoms with Crippen molar-refractivity contribution in [2.45, 2.75) is 25.9 Å². The molecule has 0 bridgehead atoms. The molecule has 7 nitrogen and oxygen atoms in total. The number of fused-ring (bicyclic) bond motifs is 1. The van der Waals surface area contributed by atoms with Crippen LogP contribution in [0.2, 0.25) is 0 Å². The maximum atomic E-state index is 12.4. The lowest BCUT2D eigenvalue weighted by atomic mass is 10.2. The standard InChI is InChI=1S/C21H24N2O5/c1-13(2)21-23-18-9-14(7-8-19(18)28-21)20(25)22-11-15(24)12-27-17-6-4-5-16(10-17)26-3/h4-10,13,15,24H,11-12H2,1-3H3,(H,22,25). The van der Waals surface area contributed by atoms with Gasteiger partial charge in [0.2, 0.25) is 0 Å². The molecule has 3 aromatic rings. The molecule has 1 atom stereocenters. The van der Waals surface area contributed by atoms with Gasteiger partial charge < -0.3 is 24.3 Å². The smallest absolute Gasteiger partial charge is 0.251 e.